The van der Waals surface area contributed by atoms with Gasteiger partial charge in [-0.25, -0.2) is 9.97 Å². The summed E-state index contributed by atoms with van der Waals surface area (Å²) in [4.78, 5) is 12.4. The van der Waals surface area contributed by atoms with Gasteiger partial charge in [0.25, 0.3) is 0 Å². The highest BCUT2D eigenvalue weighted by atomic mass is 79.9. The van der Waals surface area contributed by atoms with Crippen LogP contribution in [0.5, 0.6) is 0 Å². The predicted octanol–water partition coefficient (Wildman–Crippen LogP) is 5.36. The highest BCUT2D eigenvalue weighted by Gasteiger charge is 2.04. The van der Waals surface area contributed by atoms with E-state index in [1.54, 1.807) is 6.20 Å². The Hall–Kier alpha value is -2.66. The van der Waals surface area contributed by atoms with Crippen LogP contribution in [0.1, 0.15) is 17.1 Å². The molecule has 2 aromatic heterocycles. The molecule has 0 saturated carbocycles. The minimum Gasteiger partial charge on any atom is -0.359 e. The van der Waals surface area contributed by atoms with E-state index in [0.29, 0.717) is 6.42 Å². The van der Waals surface area contributed by atoms with Crippen molar-refractivity contribution in [3.8, 4) is 0 Å². The third kappa shape index (κ3) is 3.72. The molecule has 0 unspecified atom stereocenters. The lowest BCUT2D eigenvalue weighted by Gasteiger charge is -2.07. The molecule has 25 heavy (non-hydrogen) atoms. The molecule has 124 valence electrons. The molecule has 0 bridgehead atoms. The van der Waals surface area contributed by atoms with Crippen LogP contribution in [0.4, 0.5) is 11.5 Å². The predicted molar refractivity (Wildman–Crippen MR) is 105 cm³/mol. The van der Waals surface area contributed by atoms with Crippen LogP contribution in [0.2, 0.25) is 0 Å². The zero-order valence-corrected chi connectivity index (χ0v) is 15.3. The molecular formula is C20H17BrN4. The molecule has 4 rings (SSSR count). The Morgan fingerprint density at radius 3 is 2.88 bits per heavy atom. The van der Waals surface area contributed by atoms with Gasteiger partial charge in [0.1, 0.15) is 11.6 Å². The molecule has 0 radical (unpaired) electrons. The van der Waals surface area contributed by atoms with Crippen molar-refractivity contribution in [1.82, 2.24) is 15.0 Å². The first kappa shape index (κ1) is 15.8. The lowest BCUT2D eigenvalue weighted by Crippen LogP contribution is -2.00. The molecule has 0 aliphatic heterocycles. The van der Waals surface area contributed by atoms with Crippen molar-refractivity contribution < 1.29 is 0 Å². The van der Waals surface area contributed by atoms with Crippen molar-refractivity contribution in [1.29, 1.82) is 0 Å². The van der Waals surface area contributed by atoms with Crippen LogP contribution in [-0.4, -0.2) is 15.0 Å². The van der Waals surface area contributed by atoms with Gasteiger partial charge in [-0.3, -0.25) is 0 Å². The average molecular weight is 393 g/mol. The van der Waals surface area contributed by atoms with Crippen molar-refractivity contribution in [3.05, 3.63) is 82.3 Å². The van der Waals surface area contributed by atoms with E-state index < -0.39 is 0 Å². The van der Waals surface area contributed by atoms with Crippen molar-refractivity contribution in [2.24, 2.45) is 0 Å². The Kier molecular flexibility index (Phi) is 4.24. The summed E-state index contributed by atoms with van der Waals surface area (Å²) in [6.07, 6.45) is 2.49. The molecule has 2 N–H and O–H groups in total. The van der Waals surface area contributed by atoms with Gasteiger partial charge in [0, 0.05) is 39.4 Å². The van der Waals surface area contributed by atoms with E-state index in [-0.39, 0.29) is 0 Å². The Balaban J connectivity index is 1.55. The van der Waals surface area contributed by atoms with Crippen molar-refractivity contribution >= 4 is 38.3 Å². The third-order valence-electron chi connectivity index (χ3n) is 3.98. The molecule has 0 aliphatic rings. The highest BCUT2D eigenvalue weighted by Crippen LogP contribution is 2.22. The number of hydrogen-bond acceptors (Lipinski definition) is 3. The summed E-state index contributed by atoms with van der Waals surface area (Å²) in [5.74, 6) is 1.59. The number of aromatic nitrogens is 3. The van der Waals surface area contributed by atoms with E-state index in [1.807, 2.05) is 24.3 Å². The molecule has 0 fully saturated rings. The molecule has 0 atom stereocenters. The van der Waals surface area contributed by atoms with Crippen molar-refractivity contribution in [2.75, 3.05) is 5.32 Å². The number of rotatable bonds is 4. The average Bonchev–Trinajstić information content (AvgIpc) is 2.94. The first-order chi connectivity index (χ1) is 12.2. The van der Waals surface area contributed by atoms with Crippen LogP contribution in [-0.2, 0) is 6.42 Å². The fourth-order valence-corrected chi connectivity index (χ4v) is 3.33. The lowest BCUT2D eigenvalue weighted by molar-refractivity contribution is 0.971. The summed E-state index contributed by atoms with van der Waals surface area (Å²) in [7, 11) is 0. The number of hydrogen-bond donors (Lipinski definition) is 2. The molecule has 0 amide bonds. The summed E-state index contributed by atoms with van der Waals surface area (Å²) in [5, 5.41) is 4.55. The second-order valence-corrected chi connectivity index (χ2v) is 6.96. The molecule has 0 aliphatic carbocycles. The van der Waals surface area contributed by atoms with E-state index in [0.717, 1.165) is 33.0 Å². The molecule has 2 heterocycles. The summed E-state index contributed by atoms with van der Waals surface area (Å²) >= 11 is 3.50. The Bertz CT molecular complexity index is 1040. The smallest absolute Gasteiger partial charge is 0.135 e. The van der Waals surface area contributed by atoms with Gasteiger partial charge in [0.05, 0.1) is 0 Å². The van der Waals surface area contributed by atoms with E-state index in [2.05, 4.69) is 73.5 Å². The van der Waals surface area contributed by atoms with Gasteiger partial charge in [-0.15, -0.1) is 0 Å². The molecule has 0 saturated heterocycles. The molecule has 4 aromatic rings. The number of aryl methyl sites for hydroxylation is 1. The van der Waals surface area contributed by atoms with Gasteiger partial charge < -0.3 is 10.3 Å². The quantitative estimate of drug-likeness (QED) is 0.491. The number of nitrogens with zero attached hydrogens (tertiary/aromatic N) is 2. The summed E-state index contributed by atoms with van der Waals surface area (Å²) in [6, 6.07) is 18.5. The van der Waals surface area contributed by atoms with Gasteiger partial charge >= 0.3 is 0 Å². The Morgan fingerprint density at radius 1 is 1.08 bits per heavy atom. The zero-order valence-electron chi connectivity index (χ0n) is 13.8. The van der Waals surface area contributed by atoms with Crippen LogP contribution in [0, 0.1) is 6.92 Å². The maximum absolute atomic E-state index is 4.63. The molecular weight excluding hydrogens is 376 g/mol. The first-order valence-corrected chi connectivity index (χ1v) is 8.88. The number of nitrogens with one attached hydrogen (secondary N) is 2. The highest BCUT2D eigenvalue weighted by molar-refractivity contribution is 9.10. The van der Waals surface area contributed by atoms with Gasteiger partial charge in [-0.1, -0.05) is 28.1 Å². The number of benzene rings is 2. The van der Waals surface area contributed by atoms with E-state index in [1.165, 1.54) is 10.9 Å². The third-order valence-corrected chi connectivity index (χ3v) is 4.48. The number of fused-ring (bicyclic) bond motifs is 1. The Labute approximate surface area is 154 Å². The number of aromatic amines is 1. The molecule has 2 aromatic carbocycles. The second-order valence-electron chi connectivity index (χ2n) is 6.04. The first-order valence-electron chi connectivity index (χ1n) is 8.08. The largest absolute Gasteiger partial charge is 0.359 e. The van der Waals surface area contributed by atoms with E-state index in [4.69, 9.17) is 0 Å². The standard InChI is InChI=1S/C20H17BrN4/c1-13-9-15-12-17(5-6-18(15)23-13)24-19-7-8-22-20(25-19)11-14-3-2-4-16(21)10-14/h2-10,12,23H,11H2,1H3,(H,22,24,25). The monoisotopic (exact) mass is 392 g/mol. The molecule has 0 spiro atoms. The van der Waals surface area contributed by atoms with Crippen LogP contribution < -0.4 is 5.32 Å². The van der Waals surface area contributed by atoms with E-state index in [9.17, 15) is 0 Å². The topological polar surface area (TPSA) is 53.6 Å². The molecule has 4 nitrogen and oxygen atoms in total. The number of H-pyrrole nitrogens is 1. The SMILES string of the molecule is Cc1cc2cc(Nc3ccnc(Cc4cccc(Br)c4)n3)ccc2[nH]1. The Morgan fingerprint density at radius 2 is 2.00 bits per heavy atom. The van der Waals surface area contributed by atoms with Crippen LogP contribution in [0.25, 0.3) is 10.9 Å². The maximum Gasteiger partial charge on any atom is 0.135 e. The van der Waals surface area contributed by atoms with Crippen molar-refractivity contribution in [2.45, 2.75) is 13.3 Å². The van der Waals surface area contributed by atoms with Crippen LogP contribution in [0.15, 0.2) is 65.3 Å². The van der Waals surface area contributed by atoms with Crippen LogP contribution in [0.3, 0.4) is 0 Å². The lowest BCUT2D eigenvalue weighted by atomic mass is 10.1. The molecule has 5 heteroatoms. The van der Waals surface area contributed by atoms with Gasteiger partial charge in [0.15, 0.2) is 0 Å². The number of anilines is 2. The normalized spacial score (nSPS) is 11.0. The minimum absolute atomic E-state index is 0.699. The fourth-order valence-electron chi connectivity index (χ4n) is 2.89. The summed E-state index contributed by atoms with van der Waals surface area (Å²) < 4.78 is 1.06. The van der Waals surface area contributed by atoms with Gasteiger partial charge in [0.2, 0.25) is 0 Å². The van der Waals surface area contributed by atoms with Gasteiger partial charge in [-0.05, 0) is 55.0 Å². The summed E-state index contributed by atoms with van der Waals surface area (Å²) in [5.41, 5.74) is 4.49. The zero-order chi connectivity index (χ0) is 17.2. The number of halogens is 1. The van der Waals surface area contributed by atoms with E-state index >= 15 is 0 Å². The minimum atomic E-state index is 0.699. The van der Waals surface area contributed by atoms with Crippen LogP contribution >= 0.6 is 15.9 Å². The van der Waals surface area contributed by atoms with Crippen molar-refractivity contribution in [3.63, 3.8) is 0 Å². The van der Waals surface area contributed by atoms with Gasteiger partial charge in [-0.2, -0.15) is 0 Å². The maximum atomic E-state index is 4.63. The fraction of sp³-hybridized carbons (Fsp3) is 0.100. The summed E-state index contributed by atoms with van der Waals surface area (Å²) in [6.45, 7) is 2.06. The second kappa shape index (κ2) is 6.69.